The second kappa shape index (κ2) is 3.52. The molecule has 15 heavy (non-hydrogen) atoms. The van der Waals surface area contributed by atoms with Crippen LogP contribution in [0.3, 0.4) is 0 Å². The molecule has 1 aliphatic heterocycles. The van der Waals surface area contributed by atoms with Gasteiger partial charge in [-0.05, 0) is 31.1 Å². The van der Waals surface area contributed by atoms with Crippen LogP contribution in [0, 0.1) is 17.8 Å². The summed E-state index contributed by atoms with van der Waals surface area (Å²) in [5.74, 6) is 2.30. The average Bonchev–Trinajstić information content (AvgIpc) is 2.89. The third-order valence-electron chi connectivity index (χ3n) is 3.83. The van der Waals surface area contributed by atoms with E-state index in [4.69, 9.17) is 0 Å². The maximum Gasteiger partial charge on any atom is 0.136 e. The van der Waals surface area contributed by atoms with E-state index < -0.39 is 0 Å². The number of Topliss-reactive ketones (excluding diaryl/α,β-unsaturated/α-hetero) is 1. The van der Waals surface area contributed by atoms with Crippen LogP contribution in [0.1, 0.15) is 25.7 Å². The molecule has 3 atom stereocenters. The van der Waals surface area contributed by atoms with Crippen LogP contribution in [0.5, 0.6) is 0 Å². The molecule has 4 heteroatoms. The predicted molar refractivity (Wildman–Crippen MR) is 56.1 cm³/mol. The van der Waals surface area contributed by atoms with E-state index in [9.17, 15) is 4.79 Å². The van der Waals surface area contributed by atoms with Crippen LogP contribution in [0.4, 0.5) is 0 Å². The van der Waals surface area contributed by atoms with E-state index in [1.54, 1.807) is 0 Å². The summed E-state index contributed by atoms with van der Waals surface area (Å²) >= 11 is 0. The van der Waals surface area contributed by atoms with Crippen molar-refractivity contribution in [3.63, 3.8) is 0 Å². The van der Waals surface area contributed by atoms with Gasteiger partial charge in [-0.15, -0.1) is 5.53 Å². The first-order valence-electron chi connectivity index (χ1n) is 5.82. The van der Waals surface area contributed by atoms with Crippen molar-refractivity contribution in [3.8, 4) is 0 Å². The van der Waals surface area contributed by atoms with Crippen LogP contribution >= 0.6 is 0 Å². The highest BCUT2D eigenvalue weighted by molar-refractivity contribution is 5.84. The maximum atomic E-state index is 11.6. The molecule has 4 nitrogen and oxygen atoms in total. The largest absolute Gasteiger partial charge is 0.310 e. The Morgan fingerprint density at radius 1 is 1.53 bits per heavy atom. The fourth-order valence-corrected chi connectivity index (χ4v) is 2.91. The molecule has 2 N–H and O–H groups in total. The number of rotatable bonds is 2. The highest BCUT2D eigenvalue weighted by Crippen LogP contribution is 2.49. The minimum atomic E-state index is 0.414. The van der Waals surface area contributed by atoms with Gasteiger partial charge in [0, 0.05) is 31.3 Å². The Labute approximate surface area is 89.6 Å². The van der Waals surface area contributed by atoms with Gasteiger partial charge < -0.3 is 5.43 Å². The molecule has 0 aromatic heterocycles. The number of carbonyl (C=O) groups is 1. The fourth-order valence-electron chi connectivity index (χ4n) is 2.91. The van der Waals surface area contributed by atoms with Crippen molar-refractivity contribution < 1.29 is 4.79 Å². The van der Waals surface area contributed by atoms with E-state index in [2.05, 4.69) is 16.0 Å². The molecule has 3 aliphatic rings. The van der Waals surface area contributed by atoms with Crippen LogP contribution in [0.15, 0.2) is 12.4 Å². The quantitative estimate of drug-likeness (QED) is 0.702. The second-order valence-corrected chi connectivity index (χ2v) is 4.85. The molecule has 0 radical (unpaired) electrons. The minimum absolute atomic E-state index is 0.414. The lowest BCUT2D eigenvalue weighted by molar-refractivity contribution is -0.120. The zero-order chi connectivity index (χ0) is 10.3. The van der Waals surface area contributed by atoms with Crippen LogP contribution in [-0.4, -0.2) is 17.3 Å². The smallest absolute Gasteiger partial charge is 0.136 e. The van der Waals surface area contributed by atoms with E-state index in [-0.39, 0.29) is 0 Å². The van der Waals surface area contributed by atoms with Crippen LogP contribution in [-0.2, 0) is 4.79 Å². The number of ketones is 1. The summed E-state index contributed by atoms with van der Waals surface area (Å²) in [6.45, 7) is 1.03. The van der Waals surface area contributed by atoms with Crippen molar-refractivity contribution in [1.82, 2.24) is 16.0 Å². The second-order valence-electron chi connectivity index (χ2n) is 4.85. The van der Waals surface area contributed by atoms with Gasteiger partial charge in [0.15, 0.2) is 0 Å². The number of nitrogens with one attached hydrogen (secondary N) is 2. The molecular formula is C11H17N3O. The Morgan fingerprint density at radius 3 is 3.27 bits per heavy atom. The maximum absolute atomic E-state index is 11.6. The molecule has 0 bridgehead atoms. The Balaban J connectivity index is 1.61. The standard InChI is InChI=1S/C11H17N3O/c15-11-3-1-2-8(9-6-10(9)11)7-14-5-4-12-13-14/h4-5,8-10,12-13H,1-3,6-7H2/t8?,9?,10-/m0/s1. The number of nitrogens with zero attached hydrogens (tertiary/aromatic N) is 1. The van der Waals surface area contributed by atoms with Gasteiger partial charge in [-0.25, -0.2) is 0 Å². The normalized spacial score (nSPS) is 38.5. The molecule has 2 fully saturated rings. The summed E-state index contributed by atoms with van der Waals surface area (Å²) in [4.78, 5) is 11.6. The van der Waals surface area contributed by atoms with Crippen molar-refractivity contribution >= 4 is 5.78 Å². The van der Waals surface area contributed by atoms with Crippen LogP contribution < -0.4 is 11.0 Å². The summed E-state index contributed by atoms with van der Waals surface area (Å²) in [6.07, 6.45) is 8.17. The number of hydrazine groups is 2. The van der Waals surface area contributed by atoms with Crippen molar-refractivity contribution in [2.24, 2.45) is 17.8 Å². The molecule has 0 aromatic rings. The Hall–Kier alpha value is -1.03. The molecule has 1 heterocycles. The number of fused-ring (bicyclic) bond motifs is 1. The molecule has 0 amide bonds. The third kappa shape index (κ3) is 1.74. The predicted octanol–water partition coefficient (Wildman–Crippen LogP) is 0.788. The number of carbonyl (C=O) groups excluding carboxylic acids is 1. The van der Waals surface area contributed by atoms with Gasteiger partial charge in [0.25, 0.3) is 0 Å². The van der Waals surface area contributed by atoms with Crippen LogP contribution in [0.2, 0.25) is 0 Å². The van der Waals surface area contributed by atoms with E-state index in [1.165, 1.54) is 6.42 Å². The first-order chi connectivity index (χ1) is 7.34. The van der Waals surface area contributed by atoms with Gasteiger partial charge in [-0.2, -0.15) is 0 Å². The molecule has 3 rings (SSSR count). The van der Waals surface area contributed by atoms with Crippen molar-refractivity contribution in [2.75, 3.05) is 6.54 Å². The molecule has 2 aliphatic carbocycles. The Kier molecular flexibility index (Phi) is 2.16. The molecular weight excluding hydrogens is 190 g/mol. The van der Waals surface area contributed by atoms with Crippen molar-refractivity contribution in [1.29, 1.82) is 0 Å². The van der Waals surface area contributed by atoms with Crippen LogP contribution in [0.25, 0.3) is 0 Å². The fraction of sp³-hybridized carbons (Fsp3) is 0.727. The SMILES string of the molecule is O=C1CCCC(CN2C=CNN2)C2C[C@H]12. The Morgan fingerprint density at radius 2 is 2.47 bits per heavy atom. The number of hydrogen-bond donors (Lipinski definition) is 2. The lowest BCUT2D eigenvalue weighted by Gasteiger charge is -2.22. The topological polar surface area (TPSA) is 44.4 Å². The third-order valence-corrected chi connectivity index (χ3v) is 3.83. The van der Waals surface area contributed by atoms with Crippen molar-refractivity contribution in [2.45, 2.75) is 25.7 Å². The summed E-state index contributed by atoms with van der Waals surface area (Å²) in [5, 5.41) is 2.08. The molecule has 0 spiro atoms. The highest BCUT2D eigenvalue weighted by atomic mass is 16.1. The zero-order valence-corrected chi connectivity index (χ0v) is 8.78. The highest BCUT2D eigenvalue weighted by Gasteiger charge is 2.48. The first kappa shape index (κ1) is 9.21. The summed E-state index contributed by atoms with van der Waals surface area (Å²) < 4.78 is 0. The van der Waals surface area contributed by atoms with Gasteiger partial charge in [-0.3, -0.25) is 9.80 Å². The molecule has 0 aromatic carbocycles. The van der Waals surface area contributed by atoms with E-state index in [0.29, 0.717) is 23.5 Å². The van der Waals surface area contributed by atoms with Gasteiger partial charge in [0.2, 0.25) is 0 Å². The molecule has 0 saturated heterocycles. The summed E-state index contributed by atoms with van der Waals surface area (Å²) in [6, 6.07) is 0. The van der Waals surface area contributed by atoms with E-state index >= 15 is 0 Å². The number of hydrogen-bond acceptors (Lipinski definition) is 4. The van der Waals surface area contributed by atoms with E-state index in [1.807, 2.05) is 12.4 Å². The Bertz CT molecular complexity index is 302. The van der Waals surface area contributed by atoms with Crippen molar-refractivity contribution in [3.05, 3.63) is 12.4 Å². The molecule has 2 saturated carbocycles. The summed E-state index contributed by atoms with van der Waals surface area (Å²) in [5.41, 5.74) is 6.01. The van der Waals surface area contributed by atoms with Gasteiger partial charge in [-0.1, -0.05) is 0 Å². The zero-order valence-electron chi connectivity index (χ0n) is 8.78. The lowest BCUT2D eigenvalue weighted by atomic mass is 9.98. The van der Waals surface area contributed by atoms with Gasteiger partial charge in [0.1, 0.15) is 5.78 Å². The monoisotopic (exact) mass is 207 g/mol. The van der Waals surface area contributed by atoms with E-state index in [0.717, 1.165) is 25.8 Å². The minimum Gasteiger partial charge on any atom is -0.310 e. The van der Waals surface area contributed by atoms with Gasteiger partial charge >= 0.3 is 0 Å². The summed E-state index contributed by atoms with van der Waals surface area (Å²) in [7, 11) is 0. The molecule has 2 unspecified atom stereocenters. The first-order valence-corrected chi connectivity index (χ1v) is 5.82. The molecule has 82 valence electrons. The lowest BCUT2D eigenvalue weighted by Crippen LogP contribution is -2.39. The average molecular weight is 207 g/mol. The van der Waals surface area contributed by atoms with Gasteiger partial charge in [0.05, 0.1) is 0 Å².